The van der Waals surface area contributed by atoms with Crippen molar-refractivity contribution in [2.24, 2.45) is 0 Å². The summed E-state index contributed by atoms with van der Waals surface area (Å²) in [5.74, 6) is 5.55. The van der Waals surface area contributed by atoms with Gasteiger partial charge in [-0.25, -0.2) is 19.7 Å². The number of fused-ring (bicyclic) bond motifs is 6. The SMILES string of the molecule is COCOc1cc(-c2cc3ncnc4c3c(n2)OCC2C3CCC(CN42)N3C(=O)O)c2c(C#C[Si](C(C)C)(C(C)C)C(C)C)cccc2c1. The predicted molar refractivity (Wildman–Crippen MR) is 194 cm³/mol. The Hall–Kier alpha value is -4.40. The first kappa shape index (κ1) is 33.1. The van der Waals surface area contributed by atoms with Gasteiger partial charge in [-0.15, -0.1) is 5.54 Å². The zero-order valence-electron chi connectivity index (χ0n) is 29.4. The third-order valence-corrected chi connectivity index (χ3v) is 17.4. The lowest BCUT2D eigenvalue weighted by Crippen LogP contribution is -2.62. The van der Waals surface area contributed by atoms with Crippen LogP contribution in [0.5, 0.6) is 11.6 Å². The summed E-state index contributed by atoms with van der Waals surface area (Å²) >= 11 is 0. The first-order valence-electron chi connectivity index (χ1n) is 17.3. The number of carboxylic acid groups (broad SMARTS) is 1. The molecule has 256 valence electrons. The molecular weight excluding hydrogens is 635 g/mol. The number of pyridine rings is 1. The van der Waals surface area contributed by atoms with Crippen LogP contribution in [0, 0.1) is 11.5 Å². The van der Waals surface area contributed by atoms with Crippen LogP contribution in [0.4, 0.5) is 10.6 Å². The zero-order valence-corrected chi connectivity index (χ0v) is 30.4. The van der Waals surface area contributed by atoms with Crippen LogP contribution >= 0.6 is 0 Å². The number of nitrogens with zero attached hydrogens (tertiary/aromatic N) is 5. The van der Waals surface area contributed by atoms with Gasteiger partial charge in [0.2, 0.25) is 5.88 Å². The van der Waals surface area contributed by atoms with Gasteiger partial charge in [-0.3, -0.25) is 4.90 Å². The summed E-state index contributed by atoms with van der Waals surface area (Å²) in [6, 6.07) is 11.8. The van der Waals surface area contributed by atoms with E-state index in [1.54, 1.807) is 18.3 Å². The van der Waals surface area contributed by atoms with Crippen molar-refractivity contribution < 1.29 is 24.1 Å². The Morgan fingerprint density at radius 3 is 2.53 bits per heavy atom. The smallest absolute Gasteiger partial charge is 0.407 e. The molecule has 11 heteroatoms. The van der Waals surface area contributed by atoms with Crippen LogP contribution in [0.25, 0.3) is 32.9 Å². The molecule has 49 heavy (non-hydrogen) atoms. The van der Waals surface area contributed by atoms with E-state index < -0.39 is 14.2 Å². The molecule has 2 fully saturated rings. The maximum atomic E-state index is 12.2. The molecule has 2 saturated heterocycles. The fourth-order valence-corrected chi connectivity index (χ4v) is 14.2. The molecule has 0 spiro atoms. The Balaban J connectivity index is 1.41. The first-order chi connectivity index (χ1) is 23.5. The van der Waals surface area contributed by atoms with Crippen molar-refractivity contribution in [3.8, 4) is 34.4 Å². The van der Waals surface area contributed by atoms with Crippen molar-refractivity contribution in [3.63, 3.8) is 0 Å². The number of rotatable bonds is 7. The van der Waals surface area contributed by atoms with Crippen molar-refractivity contribution in [2.75, 3.05) is 32.0 Å². The van der Waals surface area contributed by atoms with Crippen LogP contribution in [0.1, 0.15) is 59.9 Å². The monoisotopic (exact) mass is 679 g/mol. The van der Waals surface area contributed by atoms with E-state index in [1.165, 1.54) is 0 Å². The van der Waals surface area contributed by atoms with E-state index in [4.69, 9.17) is 29.2 Å². The topological polar surface area (TPSA) is 110 Å². The summed E-state index contributed by atoms with van der Waals surface area (Å²) in [6.45, 7) is 14.9. The fraction of sp³-hybridized carbons (Fsp3) is 0.474. The summed E-state index contributed by atoms with van der Waals surface area (Å²) in [5, 5.41) is 12.7. The average molecular weight is 680 g/mol. The highest BCUT2D eigenvalue weighted by Gasteiger charge is 2.50. The van der Waals surface area contributed by atoms with Gasteiger partial charge < -0.3 is 24.2 Å². The summed E-state index contributed by atoms with van der Waals surface area (Å²) in [6.07, 6.45) is 2.33. The number of methoxy groups -OCH3 is 1. The fourth-order valence-electron chi connectivity index (χ4n) is 8.96. The first-order valence-corrected chi connectivity index (χ1v) is 19.6. The van der Waals surface area contributed by atoms with Gasteiger partial charge >= 0.3 is 6.09 Å². The van der Waals surface area contributed by atoms with E-state index in [2.05, 4.69) is 70.0 Å². The van der Waals surface area contributed by atoms with Crippen LogP contribution < -0.4 is 14.4 Å². The maximum Gasteiger partial charge on any atom is 0.407 e. The van der Waals surface area contributed by atoms with E-state index in [0.29, 0.717) is 52.6 Å². The molecule has 5 heterocycles. The summed E-state index contributed by atoms with van der Waals surface area (Å²) in [4.78, 5) is 30.7. The number of hydrogen-bond acceptors (Lipinski definition) is 8. The lowest BCUT2D eigenvalue weighted by Gasteiger charge is -2.45. The summed E-state index contributed by atoms with van der Waals surface area (Å²) < 4.78 is 17.8. The molecule has 0 saturated carbocycles. The maximum absolute atomic E-state index is 12.2. The van der Waals surface area contributed by atoms with Gasteiger partial charge in [0, 0.05) is 30.2 Å². The zero-order chi connectivity index (χ0) is 34.6. The lowest BCUT2D eigenvalue weighted by molar-refractivity contribution is 0.0512. The van der Waals surface area contributed by atoms with Gasteiger partial charge in [-0.05, 0) is 59.1 Å². The number of aromatic nitrogens is 3. The Kier molecular flexibility index (Phi) is 8.65. The highest BCUT2D eigenvalue weighted by Crippen LogP contribution is 2.45. The van der Waals surface area contributed by atoms with Gasteiger partial charge in [0.25, 0.3) is 0 Å². The van der Waals surface area contributed by atoms with Gasteiger partial charge in [0.1, 0.15) is 38.0 Å². The van der Waals surface area contributed by atoms with E-state index >= 15 is 0 Å². The van der Waals surface area contributed by atoms with E-state index in [0.717, 1.165) is 45.9 Å². The minimum absolute atomic E-state index is 0.0813. The van der Waals surface area contributed by atoms with Crippen LogP contribution in [0.3, 0.4) is 0 Å². The number of anilines is 1. The highest BCUT2D eigenvalue weighted by atomic mass is 28.3. The summed E-state index contributed by atoms with van der Waals surface area (Å²) in [7, 11) is -0.408. The lowest BCUT2D eigenvalue weighted by atomic mass is 9.96. The van der Waals surface area contributed by atoms with Gasteiger partial charge in [0.05, 0.1) is 29.3 Å². The predicted octanol–water partition coefficient (Wildman–Crippen LogP) is 7.49. The molecule has 0 radical (unpaired) electrons. The van der Waals surface area contributed by atoms with Gasteiger partial charge in [0.15, 0.2) is 6.79 Å². The Bertz CT molecular complexity index is 1970. The average Bonchev–Trinajstić information content (AvgIpc) is 3.31. The summed E-state index contributed by atoms with van der Waals surface area (Å²) in [5.41, 5.74) is 8.64. The molecule has 0 aliphatic carbocycles. The molecule has 3 unspecified atom stereocenters. The molecule has 2 bridgehead atoms. The highest BCUT2D eigenvalue weighted by molar-refractivity contribution is 6.90. The molecule has 1 amide bonds. The quantitative estimate of drug-likeness (QED) is 0.121. The largest absolute Gasteiger partial charge is 0.475 e. The minimum Gasteiger partial charge on any atom is -0.475 e. The Morgan fingerprint density at radius 2 is 1.82 bits per heavy atom. The third-order valence-electron chi connectivity index (χ3n) is 11.1. The number of hydrogen-bond donors (Lipinski definition) is 1. The van der Waals surface area contributed by atoms with Crippen LogP contribution in [-0.2, 0) is 4.74 Å². The molecule has 1 N–H and O–H groups in total. The molecule has 3 aliphatic heterocycles. The van der Waals surface area contributed by atoms with Crippen molar-refractivity contribution >= 4 is 41.7 Å². The van der Waals surface area contributed by atoms with E-state index in [9.17, 15) is 9.90 Å². The molecule has 10 nitrogen and oxygen atoms in total. The van der Waals surface area contributed by atoms with Crippen molar-refractivity contribution in [1.29, 1.82) is 0 Å². The van der Waals surface area contributed by atoms with E-state index in [1.807, 2.05) is 24.3 Å². The number of amides is 1. The molecule has 3 aliphatic rings. The van der Waals surface area contributed by atoms with Gasteiger partial charge in [-0.1, -0.05) is 59.6 Å². The number of ether oxygens (including phenoxy) is 3. The van der Waals surface area contributed by atoms with E-state index in [-0.39, 0.29) is 24.9 Å². The third kappa shape index (κ3) is 5.45. The van der Waals surface area contributed by atoms with Crippen molar-refractivity contribution in [2.45, 2.75) is 89.1 Å². The Labute approximate surface area is 288 Å². The van der Waals surface area contributed by atoms with Crippen molar-refractivity contribution in [3.05, 3.63) is 48.3 Å². The second-order valence-electron chi connectivity index (χ2n) is 14.5. The minimum atomic E-state index is -2.01. The van der Waals surface area contributed by atoms with Crippen molar-refractivity contribution in [1.82, 2.24) is 19.9 Å². The standard InChI is InChI=1S/C38H45N5O5Si/c1-22(2)49(23(3)4,24(5)6)14-13-25-9-8-10-26-15-28(48-21-46-7)16-29(34(25)26)30-17-31-35-36(40-20-39-31)42-18-27-11-12-32(43(27)38(44)45)33(42)19-47-37(35)41-30/h8-10,15-17,20,22-24,27,32-33H,11-12,18-19,21H2,1-7H3,(H,44,45). The molecule has 3 atom stereocenters. The second kappa shape index (κ2) is 12.8. The van der Waals surface area contributed by atoms with Crippen LogP contribution in [0.15, 0.2) is 42.7 Å². The van der Waals surface area contributed by atoms with Gasteiger partial charge in [-0.2, -0.15) is 0 Å². The molecule has 4 aromatic rings. The molecule has 7 rings (SSSR count). The molecular formula is C38H45N5O5Si. The second-order valence-corrected chi connectivity index (χ2v) is 20.1. The Morgan fingerprint density at radius 1 is 1.04 bits per heavy atom. The number of benzene rings is 2. The molecule has 2 aromatic heterocycles. The molecule has 2 aromatic carbocycles. The number of piperazine rings is 1. The number of carbonyl (C=O) groups is 1. The van der Waals surface area contributed by atoms with Crippen LogP contribution in [0.2, 0.25) is 16.6 Å². The normalized spacial score (nSPS) is 20.0. The van der Waals surface area contributed by atoms with Crippen LogP contribution in [-0.4, -0.2) is 84.3 Å².